The molecule has 4 nitrogen and oxygen atoms in total. The van der Waals surface area contributed by atoms with Crippen molar-refractivity contribution in [2.75, 3.05) is 25.5 Å². The maximum Gasteiger partial charge on any atom is 0.418 e. The molecule has 0 aliphatic rings. The molecule has 4 rings (SSSR count). The van der Waals surface area contributed by atoms with Crippen molar-refractivity contribution in [2.45, 2.75) is 18.8 Å². The van der Waals surface area contributed by atoms with Gasteiger partial charge in [-0.1, -0.05) is 36.4 Å². The lowest BCUT2D eigenvalue weighted by molar-refractivity contribution is -0.137. The first-order valence-corrected chi connectivity index (χ1v) is 11.1. The molecule has 0 unspecified atom stereocenters. The number of anilines is 1. The lowest BCUT2D eigenvalue weighted by atomic mass is 9.99. The summed E-state index contributed by atoms with van der Waals surface area (Å²) in [6.07, 6.45) is -8.74. The molecule has 188 valence electrons. The van der Waals surface area contributed by atoms with Crippen LogP contribution in [0.1, 0.15) is 17.5 Å². The van der Waals surface area contributed by atoms with Crippen molar-refractivity contribution in [2.24, 2.45) is 0 Å². The molecular formula is C26H22F6N4. The Bertz CT molecular complexity index is 1350. The summed E-state index contributed by atoms with van der Waals surface area (Å²) in [5.74, 6) is -0.116. The second-order valence-electron chi connectivity index (χ2n) is 8.14. The first-order valence-electron chi connectivity index (χ1n) is 11.1. The number of halogens is 6. The van der Waals surface area contributed by atoms with Crippen molar-refractivity contribution in [3.63, 3.8) is 0 Å². The van der Waals surface area contributed by atoms with E-state index in [1.54, 1.807) is 37.4 Å². The second-order valence-corrected chi connectivity index (χ2v) is 8.14. The standard InChI is InChI=1S/C26H22F6N4/c1-33-11-6-12-34-24-20-9-5-10-21(26(30,31)32)22(20)35-23(36-24)18-13-17(16-7-3-2-4-8-16)14-19(15-18)25(27,28)29/h2-5,7-10,13-15,33H,6,11-12H2,1H3,(H,34,35,36). The van der Waals surface area contributed by atoms with E-state index in [2.05, 4.69) is 20.6 Å². The second kappa shape index (κ2) is 10.1. The lowest BCUT2D eigenvalue weighted by Crippen LogP contribution is -2.14. The predicted molar refractivity (Wildman–Crippen MR) is 127 cm³/mol. The molecule has 0 aliphatic carbocycles. The third-order valence-electron chi connectivity index (χ3n) is 5.55. The van der Waals surface area contributed by atoms with E-state index in [9.17, 15) is 26.3 Å². The minimum absolute atomic E-state index is 0.0409. The Kier molecular flexibility index (Phi) is 7.16. The molecular weight excluding hydrogens is 482 g/mol. The number of fused-ring (bicyclic) bond motifs is 1. The zero-order valence-corrected chi connectivity index (χ0v) is 19.1. The largest absolute Gasteiger partial charge is 0.418 e. The van der Waals surface area contributed by atoms with E-state index >= 15 is 0 Å². The fourth-order valence-electron chi connectivity index (χ4n) is 3.83. The minimum atomic E-state index is -4.71. The van der Waals surface area contributed by atoms with Crippen LogP contribution in [-0.2, 0) is 12.4 Å². The summed E-state index contributed by atoms with van der Waals surface area (Å²) in [6.45, 7) is 1.05. The van der Waals surface area contributed by atoms with Crippen molar-refractivity contribution in [3.05, 3.63) is 77.9 Å². The number of nitrogens with zero attached hydrogens (tertiary/aromatic N) is 2. The minimum Gasteiger partial charge on any atom is -0.369 e. The van der Waals surface area contributed by atoms with Gasteiger partial charge in [0.1, 0.15) is 5.82 Å². The van der Waals surface area contributed by atoms with E-state index in [4.69, 9.17) is 0 Å². The van der Waals surface area contributed by atoms with E-state index in [0.717, 1.165) is 18.2 Å². The lowest BCUT2D eigenvalue weighted by Gasteiger charge is -2.16. The van der Waals surface area contributed by atoms with Crippen LogP contribution in [0.2, 0.25) is 0 Å². The number of benzene rings is 3. The quantitative estimate of drug-likeness (QED) is 0.210. The van der Waals surface area contributed by atoms with Crippen LogP contribution in [0.5, 0.6) is 0 Å². The zero-order chi connectivity index (χ0) is 25.9. The van der Waals surface area contributed by atoms with E-state index < -0.39 is 23.5 Å². The van der Waals surface area contributed by atoms with Gasteiger partial charge in [-0.25, -0.2) is 9.97 Å². The predicted octanol–water partition coefficient (Wildman–Crippen LogP) is 7.02. The molecule has 36 heavy (non-hydrogen) atoms. The Balaban J connectivity index is 1.94. The van der Waals surface area contributed by atoms with Gasteiger partial charge < -0.3 is 10.6 Å². The Labute approximate surface area is 203 Å². The number of aromatic nitrogens is 2. The Hall–Kier alpha value is -3.66. The first-order chi connectivity index (χ1) is 17.1. The molecule has 0 aliphatic heterocycles. The van der Waals surface area contributed by atoms with Crippen LogP contribution in [0, 0.1) is 0 Å². The molecule has 0 radical (unpaired) electrons. The van der Waals surface area contributed by atoms with Crippen molar-refractivity contribution in [3.8, 4) is 22.5 Å². The summed E-state index contributed by atoms with van der Waals surface area (Å²) >= 11 is 0. The summed E-state index contributed by atoms with van der Waals surface area (Å²) in [4.78, 5) is 8.50. The van der Waals surface area contributed by atoms with E-state index in [0.29, 0.717) is 25.1 Å². The highest BCUT2D eigenvalue weighted by Crippen LogP contribution is 2.39. The molecule has 0 atom stereocenters. The average Bonchev–Trinajstić information content (AvgIpc) is 2.85. The summed E-state index contributed by atoms with van der Waals surface area (Å²) in [6, 6.07) is 15.3. The molecule has 3 aromatic carbocycles. The number of para-hydroxylation sites is 1. The van der Waals surface area contributed by atoms with Gasteiger partial charge in [-0.2, -0.15) is 26.3 Å². The summed E-state index contributed by atoms with van der Waals surface area (Å²) in [7, 11) is 1.77. The highest BCUT2D eigenvalue weighted by atomic mass is 19.4. The van der Waals surface area contributed by atoms with Gasteiger partial charge >= 0.3 is 12.4 Å². The van der Waals surface area contributed by atoms with Crippen LogP contribution in [0.4, 0.5) is 32.2 Å². The molecule has 0 saturated carbocycles. The fourth-order valence-corrected chi connectivity index (χ4v) is 3.83. The van der Waals surface area contributed by atoms with Crippen molar-refractivity contribution >= 4 is 16.7 Å². The molecule has 4 aromatic rings. The maximum atomic E-state index is 13.8. The summed E-state index contributed by atoms with van der Waals surface area (Å²) < 4.78 is 82.7. The highest BCUT2D eigenvalue weighted by Gasteiger charge is 2.34. The molecule has 2 N–H and O–H groups in total. The van der Waals surface area contributed by atoms with Crippen molar-refractivity contribution in [1.82, 2.24) is 15.3 Å². The molecule has 0 bridgehead atoms. The number of hydrogen-bond donors (Lipinski definition) is 2. The van der Waals surface area contributed by atoms with Crippen LogP contribution in [0.15, 0.2) is 66.7 Å². The van der Waals surface area contributed by atoms with E-state index in [1.807, 2.05) is 0 Å². The molecule has 0 saturated heterocycles. The number of alkyl halides is 6. The third kappa shape index (κ3) is 5.59. The van der Waals surface area contributed by atoms with Gasteiger partial charge in [-0.05, 0) is 61.5 Å². The molecule has 10 heteroatoms. The molecule has 1 aromatic heterocycles. The Morgan fingerprint density at radius 2 is 1.44 bits per heavy atom. The van der Waals surface area contributed by atoms with Crippen LogP contribution in [0.3, 0.4) is 0 Å². The zero-order valence-electron chi connectivity index (χ0n) is 19.1. The highest BCUT2D eigenvalue weighted by molar-refractivity contribution is 5.93. The SMILES string of the molecule is CNCCCNc1nc(-c2cc(-c3ccccc3)cc(C(F)(F)F)c2)nc2c(C(F)(F)F)cccc12. The average molecular weight is 504 g/mol. The van der Waals surface area contributed by atoms with Crippen LogP contribution in [-0.4, -0.2) is 30.1 Å². The molecule has 0 fully saturated rings. The topological polar surface area (TPSA) is 49.8 Å². The van der Waals surface area contributed by atoms with Crippen molar-refractivity contribution in [1.29, 1.82) is 0 Å². The first kappa shape index (κ1) is 25.4. The molecule has 1 heterocycles. The number of hydrogen-bond acceptors (Lipinski definition) is 4. The third-order valence-corrected chi connectivity index (χ3v) is 5.55. The summed E-state index contributed by atoms with van der Waals surface area (Å²) in [5, 5.41) is 6.13. The van der Waals surface area contributed by atoms with Gasteiger partial charge in [0.15, 0.2) is 5.82 Å². The van der Waals surface area contributed by atoms with Gasteiger partial charge in [0.2, 0.25) is 0 Å². The van der Waals surface area contributed by atoms with Crippen molar-refractivity contribution < 1.29 is 26.3 Å². The van der Waals surface area contributed by atoms with Gasteiger partial charge in [0, 0.05) is 17.5 Å². The maximum absolute atomic E-state index is 13.8. The summed E-state index contributed by atoms with van der Waals surface area (Å²) in [5.41, 5.74) is -1.60. The Morgan fingerprint density at radius 1 is 0.722 bits per heavy atom. The van der Waals surface area contributed by atoms with Gasteiger partial charge in [-0.15, -0.1) is 0 Å². The smallest absolute Gasteiger partial charge is 0.369 e. The molecule has 0 spiro atoms. The number of nitrogens with one attached hydrogen (secondary N) is 2. The monoisotopic (exact) mass is 504 g/mol. The van der Waals surface area contributed by atoms with Crippen LogP contribution >= 0.6 is 0 Å². The van der Waals surface area contributed by atoms with Crippen LogP contribution < -0.4 is 10.6 Å². The van der Waals surface area contributed by atoms with Gasteiger partial charge in [0.05, 0.1) is 16.6 Å². The molecule has 0 amide bonds. The van der Waals surface area contributed by atoms with Crippen LogP contribution in [0.25, 0.3) is 33.4 Å². The Morgan fingerprint density at radius 3 is 2.11 bits per heavy atom. The fraction of sp³-hybridized carbons (Fsp3) is 0.231. The number of rotatable bonds is 7. The van der Waals surface area contributed by atoms with E-state index in [1.165, 1.54) is 18.2 Å². The van der Waals surface area contributed by atoms with Gasteiger partial charge in [-0.3, -0.25) is 0 Å². The normalized spacial score (nSPS) is 12.2. The van der Waals surface area contributed by atoms with E-state index in [-0.39, 0.29) is 33.7 Å². The van der Waals surface area contributed by atoms with Gasteiger partial charge in [0.25, 0.3) is 0 Å².